The van der Waals surface area contributed by atoms with E-state index in [-0.39, 0.29) is 0 Å². The molecule has 0 aliphatic carbocycles. The lowest BCUT2D eigenvalue weighted by molar-refractivity contribution is -0.165. The molecule has 0 radical (unpaired) electrons. The Hall–Kier alpha value is -1.36. The van der Waals surface area contributed by atoms with Gasteiger partial charge in [-0.15, -0.1) is 0 Å². The SMILES string of the molecule is [N-]=[N+]=NCCC(F)(F)C(=O)O. The highest BCUT2D eigenvalue weighted by atomic mass is 19.3. The number of carboxylic acids is 1. The Kier molecular flexibility index (Phi) is 3.26. The quantitative estimate of drug-likeness (QED) is 0.387. The Balaban J connectivity index is 3.92. The summed E-state index contributed by atoms with van der Waals surface area (Å²) in [5.74, 6) is -6.00. The zero-order valence-corrected chi connectivity index (χ0v) is 5.37. The van der Waals surface area contributed by atoms with Gasteiger partial charge in [0.2, 0.25) is 0 Å². The summed E-state index contributed by atoms with van der Waals surface area (Å²) >= 11 is 0. The summed E-state index contributed by atoms with van der Waals surface area (Å²) in [4.78, 5) is 11.9. The maximum Gasteiger partial charge on any atom is 0.374 e. The molecule has 1 N–H and O–H groups in total. The van der Waals surface area contributed by atoms with Crippen molar-refractivity contribution in [3.8, 4) is 0 Å². The second-order valence-electron chi connectivity index (χ2n) is 1.71. The number of carbonyl (C=O) groups is 1. The normalized spacial score (nSPS) is 10.4. The predicted molar refractivity (Wildman–Crippen MR) is 31.2 cm³/mol. The summed E-state index contributed by atoms with van der Waals surface area (Å²) in [6.45, 7) is -0.518. The van der Waals surface area contributed by atoms with Crippen LogP contribution in [0.15, 0.2) is 5.11 Å². The number of alkyl halides is 2. The molecular formula is C4H5F2N3O2. The van der Waals surface area contributed by atoms with Crippen molar-refractivity contribution < 1.29 is 18.7 Å². The van der Waals surface area contributed by atoms with Crippen LogP contribution in [0.1, 0.15) is 6.42 Å². The van der Waals surface area contributed by atoms with Gasteiger partial charge < -0.3 is 5.11 Å². The van der Waals surface area contributed by atoms with E-state index in [4.69, 9.17) is 10.6 Å². The van der Waals surface area contributed by atoms with E-state index in [2.05, 4.69) is 10.0 Å². The molecule has 0 aromatic heterocycles. The molecule has 0 aromatic rings. The standard InChI is InChI=1S/C4H5F2N3O2/c5-4(6,3(10)11)1-2-8-9-7/h1-2H2,(H,10,11). The van der Waals surface area contributed by atoms with Crippen LogP contribution in [0.4, 0.5) is 8.78 Å². The van der Waals surface area contributed by atoms with E-state index < -0.39 is 24.9 Å². The number of aliphatic carboxylic acids is 1. The van der Waals surface area contributed by atoms with Crippen LogP contribution in [0.25, 0.3) is 10.4 Å². The Morgan fingerprint density at radius 2 is 2.27 bits per heavy atom. The van der Waals surface area contributed by atoms with Gasteiger partial charge in [0.05, 0.1) is 0 Å². The first-order chi connectivity index (χ1) is 5.00. The van der Waals surface area contributed by atoms with Crippen molar-refractivity contribution in [2.45, 2.75) is 12.3 Å². The molecule has 0 aliphatic rings. The number of rotatable bonds is 4. The van der Waals surface area contributed by atoms with E-state index >= 15 is 0 Å². The summed E-state index contributed by atoms with van der Waals surface area (Å²) in [6.07, 6.45) is -0.966. The van der Waals surface area contributed by atoms with Crippen LogP contribution in [0.3, 0.4) is 0 Å². The van der Waals surface area contributed by atoms with Crippen molar-refractivity contribution in [2.75, 3.05) is 6.54 Å². The van der Waals surface area contributed by atoms with Gasteiger partial charge in [-0.1, -0.05) is 5.11 Å². The highest BCUT2D eigenvalue weighted by molar-refractivity contribution is 5.75. The fraction of sp³-hybridized carbons (Fsp3) is 0.750. The van der Waals surface area contributed by atoms with Crippen LogP contribution in [0.5, 0.6) is 0 Å². The van der Waals surface area contributed by atoms with Crippen molar-refractivity contribution in [1.29, 1.82) is 0 Å². The average Bonchev–Trinajstić information content (AvgIpc) is 1.88. The Morgan fingerprint density at radius 3 is 2.64 bits per heavy atom. The molecule has 0 spiro atoms. The van der Waals surface area contributed by atoms with Gasteiger partial charge in [0.15, 0.2) is 0 Å². The van der Waals surface area contributed by atoms with Gasteiger partial charge in [-0.05, 0) is 5.53 Å². The third-order valence-electron chi connectivity index (χ3n) is 0.902. The molecule has 0 saturated heterocycles. The fourth-order valence-corrected chi connectivity index (χ4v) is 0.342. The molecule has 0 fully saturated rings. The number of halogens is 2. The first kappa shape index (κ1) is 9.64. The smallest absolute Gasteiger partial charge is 0.374 e. The third-order valence-corrected chi connectivity index (χ3v) is 0.902. The summed E-state index contributed by atoms with van der Waals surface area (Å²) in [5, 5.41) is 10.6. The summed E-state index contributed by atoms with van der Waals surface area (Å²) in [6, 6.07) is 0. The van der Waals surface area contributed by atoms with Gasteiger partial charge in [0.25, 0.3) is 0 Å². The van der Waals surface area contributed by atoms with Gasteiger partial charge in [-0.2, -0.15) is 8.78 Å². The molecule has 0 bridgehead atoms. The molecule has 0 heterocycles. The van der Waals surface area contributed by atoms with Crippen LogP contribution < -0.4 is 0 Å². The van der Waals surface area contributed by atoms with E-state index in [1.807, 2.05) is 0 Å². The van der Waals surface area contributed by atoms with Gasteiger partial charge in [0, 0.05) is 17.9 Å². The lowest BCUT2D eigenvalue weighted by Crippen LogP contribution is -2.28. The second-order valence-corrected chi connectivity index (χ2v) is 1.71. The van der Waals surface area contributed by atoms with Crippen molar-refractivity contribution >= 4 is 5.97 Å². The second kappa shape index (κ2) is 3.72. The highest BCUT2D eigenvalue weighted by Gasteiger charge is 2.37. The predicted octanol–water partition coefficient (Wildman–Crippen LogP) is 1.41. The largest absolute Gasteiger partial charge is 0.477 e. The van der Waals surface area contributed by atoms with Crippen molar-refractivity contribution in [2.24, 2.45) is 5.11 Å². The van der Waals surface area contributed by atoms with E-state index in [0.29, 0.717) is 0 Å². The summed E-state index contributed by atoms with van der Waals surface area (Å²) in [7, 11) is 0. The molecule has 7 heteroatoms. The topological polar surface area (TPSA) is 86.1 Å². The van der Waals surface area contributed by atoms with Crippen molar-refractivity contribution in [1.82, 2.24) is 0 Å². The molecule has 0 aromatic carbocycles. The van der Waals surface area contributed by atoms with Crippen molar-refractivity contribution in [3.05, 3.63) is 10.4 Å². The third kappa shape index (κ3) is 3.36. The molecule has 0 rings (SSSR count). The van der Waals surface area contributed by atoms with E-state index in [1.54, 1.807) is 0 Å². The Bertz CT molecular complexity index is 200. The zero-order chi connectivity index (χ0) is 8.91. The number of nitrogens with zero attached hydrogens (tertiary/aromatic N) is 3. The monoisotopic (exact) mass is 165 g/mol. The van der Waals surface area contributed by atoms with Gasteiger partial charge in [-0.25, -0.2) is 4.79 Å². The van der Waals surface area contributed by atoms with Crippen LogP contribution in [-0.2, 0) is 4.79 Å². The van der Waals surface area contributed by atoms with Crippen LogP contribution in [0.2, 0.25) is 0 Å². The first-order valence-electron chi connectivity index (χ1n) is 2.63. The molecule has 5 nitrogen and oxygen atoms in total. The molecular weight excluding hydrogens is 160 g/mol. The maximum absolute atomic E-state index is 12.1. The molecule has 0 atom stereocenters. The molecule has 62 valence electrons. The van der Waals surface area contributed by atoms with Crippen LogP contribution >= 0.6 is 0 Å². The lowest BCUT2D eigenvalue weighted by atomic mass is 10.2. The summed E-state index contributed by atoms with van der Waals surface area (Å²) in [5.41, 5.74) is 7.67. The van der Waals surface area contributed by atoms with Gasteiger partial charge >= 0.3 is 11.9 Å². The van der Waals surface area contributed by atoms with Gasteiger partial charge in [0.1, 0.15) is 0 Å². The molecule has 0 saturated carbocycles. The maximum atomic E-state index is 12.1. The fourth-order valence-electron chi connectivity index (χ4n) is 0.342. The van der Waals surface area contributed by atoms with Gasteiger partial charge in [-0.3, -0.25) is 0 Å². The molecule has 11 heavy (non-hydrogen) atoms. The minimum Gasteiger partial charge on any atom is -0.477 e. The van der Waals surface area contributed by atoms with E-state index in [1.165, 1.54) is 0 Å². The van der Waals surface area contributed by atoms with E-state index in [9.17, 15) is 13.6 Å². The lowest BCUT2D eigenvalue weighted by Gasteiger charge is -2.07. The molecule has 0 aliphatic heterocycles. The number of azide groups is 1. The van der Waals surface area contributed by atoms with Crippen LogP contribution in [0, 0.1) is 0 Å². The highest BCUT2D eigenvalue weighted by Crippen LogP contribution is 2.17. The number of hydrogen-bond donors (Lipinski definition) is 1. The van der Waals surface area contributed by atoms with E-state index in [0.717, 1.165) is 0 Å². The minimum absolute atomic E-state index is 0.518. The Morgan fingerprint density at radius 1 is 1.73 bits per heavy atom. The molecule has 0 unspecified atom stereocenters. The Labute approximate surface area is 60.3 Å². The van der Waals surface area contributed by atoms with Crippen molar-refractivity contribution in [3.63, 3.8) is 0 Å². The minimum atomic E-state index is -3.80. The average molecular weight is 165 g/mol. The summed E-state index contributed by atoms with van der Waals surface area (Å²) < 4.78 is 24.2. The molecule has 0 amide bonds. The van der Waals surface area contributed by atoms with Crippen LogP contribution in [-0.4, -0.2) is 23.5 Å². The number of hydrogen-bond acceptors (Lipinski definition) is 2. The zero-order valence-electron chi connectivity index (χ0n) is 5.37. The first-order valence-corrected chi connectivity index (χ1v) is 2.63. The number of carboxylic acid groups (broad SMARTS) is 1.